The van der Waals surface area contributed by atoms with Crippen molar-refractivity contribution in [3.8, 4) is 11.8 Å². The summed E-state index contributed by atoms with van der Waals surface area (Å²) < 4.78 is 29.0. The van der Waals surface area contributed by atoms with Crippen LogP contribution in [0.3, 0.4) is 0 Å². The van der Waals surface area contributed by atoms with Crippen LogP contribution in [0, 0.1) is 11.8 Å². The topological polar surface area (TPSA) is 26.3 Å². The van der Waals surface area contributed by atoms with E-state index < -0.39 is 12.4 Å². The van der Waals surface area contributed by atoms with Crippen LogP contribution in [0.4, 0.5) is 8.78 Å². The number of hydrogen-bond acceptors (Lipinski definition) is 2. The maximum atomic E-state index is 12.2. The van der Waals surface area contributed by atoms with Crippen molar-refractivity contribution in [1.82, 2.24) is 0 Å². The van der Waals surface area contributed by atoms with Crippen molar-refractivity contribution in [3.05, 3.63) is 35.4 Å². The third-order valence-corrected chi connectivity index (χ3v) is 1.75. The van der Waals surface area contributed by atoms with E-state index in [4.69, 9.17) is 0 Å². The number of carbonyl (C=O) groups excluding carboxylic acids is 1. The van der Waals surface area contributed by atoms with Crippen LogP contribution in [-0.2, 0) is 9.53 Å². The monoisotopic (exact) mass is 224 g/mol. The third-order valence-electron chi connectivity index (χ3n) is 1.75. The van der Waals surface area contributed by atoms with E-state index >= 15 is 0 Å². The summed E-state index contributed by atoms with van der Waals surface area (Å²) in [6.45, 7) is 1.94. The molecule has 0 atom stereocenters. The van der Waals surface area contributed by atoms with Gasteiger partial charge >= 0.3 is 5.97 Å². The average molecular weight is 224 g/mol. The summed E-state index contributed by atoms with van der Waals surface area (Å²) in [5.74, 6) is 4.15. The molecule has 2 nitrogen and oxygen atoms in total. The van der Waals surface area contributed by atoms with Crippen molar-refractivity contribution < 1.29 is 18.3 Å². The zero-order chi connectivity index (χ0) is 12.0. The van der Waals surface area contributed by atoms with Crippen LogP contribution in [0.2, 0.25) is 0 Å². The highest BCUT2D eigenvalue weighted by Gasteiger charge is 2.04. The molecular formula is C12H10F2O2. The number of carbonyl (C=O) groups is 1. The molecule has 0 aliphatic rings. The Morgan fingerprint density at radius 2 is 2.00 bits per heavy atom. The molecule has 0 aromatic heterocycles. The lowest BCUT2D eigenvalue weighted by atomic mass is 10.1. The van der Waals surface area contributed by atoms with Crippen molar-refractivity contribution >= 4 is 5.97 Å². The predicted octanol–water partition coefficient (Wildman–Crippen LogP) is 2.54. The van der Waals surface area contributed by atoms with Crippen LogP contribution in [-0.4, -0.2) is 12.6 Å². The molecule has 0 aliphatic heterocycles. The maximum Gasteiger partial charge on any atom is 0.384 e. The Labute approximate surface area is 92.2 Å². The highest BCUT2D eigenvalue weighted by Crippen LogP contribution is 2.18. The second-order valence-electron chi connectivity index (χ2n) is 2.89. The van der Waals surface area contributed by atoms with Crippen molar-refractivity contribution in [3.63, 3.8) is 0 Å². The van der Waals surface area contributed by atoms with Gasteiger partial charge in [-0.15, -0.1) is 0 Å². The van der Waals surface area contributed by atoms with Gasteiger partial charge in [0.25, 0.3) is 6.43 Å². The van der Waals surface area contributed by atoms with E-state index in [1.807, 2.05) is 0 Å². The number of benzene rings is 1. The first-order valence-electron chi connectivity index (χ1n) is 4.70. The molecule has 0 saturated carbocycles. The van der Waals surface area contributed by atoms with Gasteiger partial charge in [-0.05, 0) is 19.1 Å². The summed E-state index contributed by atoms with van der Waals surface area (Å²) in [6, 6.07) is 5.43. The van der Waals surface area contributed by atoms with Crippen molar-refractivity contribution in [2.24, 2.45) is 0 Å². The van der Waals surface area contributed by atoms with E-state index in [1.165, 1.54) is 24.3 Å². The van der Waals surface area contributed by atoms with Gasteiger partial charge in [0.2, 0.25) is 0 Å². The molecule has 16 heavy (non-hydrogen) atoms. The van der Waals surface area contributed by atoms with Crippen LogP contribution < -0.4 is 0 Å². The van der Waals surface area contributed by atoms with Gasteiger partial charge in [-0.3, -0.25) is 0 Å². The normalized spacial score (nSPS) is 9.50. The first-order valence-corrected chi connectivity index (χ1v) is 4.70. The van der Waals surface area contributed by atoms with Crippen molar-refractivity contribution in [2.45, 2.75) is 13.3 Å². The Bertz CT molecular complexity index is 413. The fourth-order valence-electron chi connectivity index (χ4n) is 1.00. The summed E-state index contributed by atoms with van der Waals surface area (Å²) in [4.78, 5) is 10.9. The Morgan fingerprint density at radius 3 is 2.50 bits per heavy atom. The molecule has 0 unspecified atom stereocenters. The molecule has 1 aromatic carbocycles. The maximum absolute atomic E-state index is 12.2. The molecule has 1 aromatic rings. The van der Waals surface area contributed by atoms with Crippen LogP contribution in [0.15, 0.2) is 24.3 Å². The van der Waals surface area contributed by atoms with E-state index in [0.29, 0.717) is 5.56 Å². The lowest BCUT2D eigenvalue weighted by Gasteiger charge is -1.97. The Kier molecular flexibility index (Phi) is 4.46. The first kappa shape index (κ1) is 12.2. The molecule has 4 heteroatoms. The lowest BCUT2D eigenvalue weighted by Crippen LogP contribution is -1.99. The SMILES string of the molecule is CCOC(=O)C#Cc1ccc(C(F)F)cc1. The van der Waals surface area contributed by atoms with E-state index in [1.54, 1.807) is 6.92 Å². The average Bonchev–Trinajstić information content (AvgIpc) is 2.27. The highest BCUT2D eigenvalue weighted by atomic mass is 19.3. The highest BCUT2D eigenvalue weighted by molar-refractivity contribution is 5.89. The van der Waals surface area contributed by atoms with Gasteiger partial charge < -0.3 is 4.74 Å². The molecular weight excluding hydrogens is 214 g/mol. The van der Waals surface area contributed by atoms with E-state index in [0.717, 1.165) is 0 Å². The Balaban J connectivity index is 2.72. The van der Waals surface area contributed by atoms with Gasteiger partial charge in [-0.25, -0.2) is 13.6 Å². The number of hydrogen-bond donors (Lipinski definition) is 0. The standard InChI is InChI=1S/C12H10F2O2/c1-2-16-11(15)8-5-9-3-6-10(7-4-9)12(13)14/h3-4,6-7,12H,2H2,1H3. The van der Waals surface area contributed by atoms with Gasteiger partial charge in [0.1, 0.15) is 0 Å². The van der Waals surface area contributed by atoms with E-state index in [9.17, 15) is 13.6 Å². The quantitative estimate of drug-likeness (QED) is 0.570. The van der Waals surface area contributed by atoms with Crippen LogP contribution in [0.1, 0.15) is 24.5 Å². The Hall–Kier alpha value is -1.89. The minimum absolute atomic E-state index is 0.0679. The van der Waals surface area contributed by atoms with Gasteiger partial charge in [0.05, 0.1) is 6.61 Å². The fourth-order valence-corrected chi connectivity index (χ4v) is 1.00. The number of esters is 1. The van der Waals surface area contributed by atoms with Gasteiger partial charge in [0.15, 0.2) is 0 Å². The summed E-state index contributed by atoms with van der Waals surface area (Å²) in [5, 5.41) is 0. The van der Waals surface area contributed by atoms with E-state index in [-0.39, 0.29) is 12.2 Å². The number of ether oxygens (including phenoxy) is 1. The minimum atomic E-state index is -2.49. The molecule has 0 aliphatic carbocycles. The van der Waals surface area contributed by atoms with Crippen molar-refractivity contribution in [1.29, 1.82) is 0 Å². The first-order chi connectivity index (χ1) is 7.63. The van der Waals surface area contributed by atoms with Gasteiger partial charge in [0, 0.05) is 17.0 Å². The molecule has 0 fully saturated rings. The second kappa shape index (κ2) is 5.86. The largest absolute Gasteiger partial charge is 0.456 e. The molecule has 0 amide bonds. The molecule has 0 heterocycles. The smallest absolute Gasteiger partial charge is 0.384 e. The minimum Gasteiger partial charge on any atom is -0.456 e. The summed E-state index contributed by atoms with van der Waals surface area (Å²) in [7, 11) is 0. The van der Waals surface area contributed by atoms with Crippen LogP contribution >= 0.6 is 0 Å². The molecule has 0 spiro atoms. The fraction of sp³-hybridized carbons (Fsp3) is 0.250. The number of alkyl halides is 2. The van der Waals surface area contributed by atoms with E-state index in [2.05, 4.69) is 16.6 Å². The summed E-state index contributed by atoms with van der Waals surface area (Å²) >= 11 is 0. The summed E-state index contributed by atoms with van der Waals surface area (Å²) in [5.41, 5.74) is 0.430. The molecule has 84 valence electrons. The summed E-state index contributed by atoms with van der Waals surface area (Å²) in [6.07, 6.45) is -2.49. The molecule has 0 bridgehead atoms. The van der Waals surface area contributed by atoms with Crippen LogP contribution in [0.25, 0.3) is 0 Å². The molecule has 1 rings (SSSR count). The molecule has 0 saturated heterocycles. The molecule has 0 N–H and O–H groups in total. The van der Waals surface area contributed by atoms with Gasteiger partial charge in [-0.2, -0.15) is 0 Å². The van der Waals surface area contributed by atoms with Crippen molar-refractivity contribution in [2.75, 3.05) is 6.61 Å². The third kappa shape index (κ3) is 3.70. The van der Waals surface area contributed by atoms with Crippen LogP contribution in [0.5, 0.6) is 0 Å². The molecule has 0 radical (unpaired) electrons. The zero-order valence-electron chi connectivity index (χ0n) is 8.67. The lowest BCUT2D eigenvalue weighted by molar-refractivity contribution is -0.136. The number of rotatable bonds is 2. The number of halogens is 2. The second-order valence-corrected chi connectivity index (χ2v) is 2.89. The Morgan fingerprint density at radius 1 is 1.38 bits per heavy atom. The zero-order valence-corrected chi connectivity index (χ0v) is 8.67. The van der Waals surface area contributed by atoms with Gasteiger partial charge in [-0.1, -0.05) is 18.1 Å². The predicted molar refractivity (Wildman–Crippen MR) is 54.9 cm³/mol.